The van der Waals surface area contributed by atoms with Gasteiger partial charge < -0.3 is 5.32 Å². The Labute approximate surface area is 85.5 Å². The molecule has 0 aromatic heterocycles. The van der Waals surface area contributed by atoms with Crippen LogP contribution >= 0.6 is 0 Å². The van der Waals surface area contributed by atoms with Gasteiger partial charge in [0.1, 0.15) is 5.67 Å². The van der Waals surface area contributed by atoms with Crippen molar-refractivity contribution in [3.8, 4) is 12.3 Å². The molecule has 2 rings (SSSR count). The molecule has 0 spiro atoms. The van der Waals surface area contributed by atoms with Gasteiger partial charge in [0.25, 0.3) is 0 Å². The number of rotatable bonds is 2. The lowest BCUT2D eigenvalue weighted by atomic mass is 9.72. The first kappa shape index (κ1) is 9.98. The van der Waals surface area contributed by atoms with Crippen LogP contribution in [-0.2, 0) is 0 Å². The van der Waals surface area contributed by atoms with E-state index >= 15 is 0 Å². The quantitative estimate of drug-likeness (QED) is 0.666. The van der Waals surface area contributed by atoms with Crippen molar-refractivity contribution in [1.29, 1.82) is 0 Å². The number of hydrogen-bond donors (Lipinski definition) is 1. The van der Waals surface area contributed by atoms with Gasteiger partial charge in [-0.25, -0.2) is 4.39 Å². The fraction of sp³-hybridized carbons (Fsp3) is 0.833. The van der Waals surface area contributed by atoms with Crippen molar-refractivity contribution in [2.24, 2.45) is 11.8 Å². The van der Waals surface area contributed by atoms with E-state index < -0.39 is 5.67 Å². The molecule has 1 nitrogen and oxygen atoms in total. The van der Waals surface area contributed by atoms with Crippen LogP contribution in [0.15, 0.2) is 0 Å². The van der Waals surface area contributed by atoms with Gasteiger partial charge in [-0.1, -0.05) is 0 Å². The number of alkyl halides is 1. The molecule has 3 unspecified atom stereocenters. The average Bonchev–Trinajstić information content (AvgIpc) is 2.61. The minimum Gasteiger partial charge on any atom is -0.316 e. The average molecular weight is 195 g/mol. The molecule has 0 aromatic carbocycles. The molecule has 0 bridgehead atoms. The summed E-state index contributed by atoms with van der Waals surface area (Å²) in [6, 6.07) is 0. The Bertz CT molecular complexity index is 245. The first-order valence-corrected chi connectivity index (χ1v) is 5.57. The monoisotopic (exact) mass is 195 g/mol. The fourth-order valence-corrected chi connectivity index (χ4v) is 2.90. The Kier molecular flexibility index (Phi) is 2.78. The summed E-state index contributed by atoms with van der Waals surface area (Å²) in [5.41, 5.74) is -0.959. The normalized spacial score (nSPS) is 41.7. The SMILES string of the molecule is C#CCCC1(F)CCC2CNCC2C1. The van der Waals surface area contributed by atoms with Gasteiger partial charge in [-0.15, -0.1) is 12.3 Å². The second-order valence-corrected chi connectivity index (χ2v) is 4.78. The molecule has 0 radical (unpaired) electrons. The molecule has 2 aliphatic rings. The lowest BCUT2D eigenvalue weighted by Gasteiger charge is -2.36. The molecule has 1 saturated heterocycles. The smallest absolute Gasteiger partial charge is 0.112 e. The Morgan fingerprint density at radius 1 is 1.43 bits per heavy atom. The van der Waals surface area contributed by atoms with Crippen LogP contribution in [0.3, 0.4) is 0 Å². The van der Waals surface area contributed by atoms with Gasteiger partial charge in [-0.2, -0.15) is 0 Å². The second-order valence-electron chi connectivity index (χ2n) is 4.78. The zero-order valence-electron chi connectivity index (χ0n) is 8.56. The van der Waals surface area contributed by atoms with Crippen molar-refractivity contribution < 1.29 is 4.39 Å². The molecule has 0 amide bonds. The van der Waals surface area contributed by atoms with E-state index in [1.54, 1.807) is 0 Å². The van der Waals surface area contributed by atoms with Crippen LogP contribution in [0, 0.1) is 24.2 Å². The van der Waals surface area contributed by atoms with Crippen LogP contribution in [0.4, 0.5) is 4.39 Å². The number of nitrogens with one attached hydrogen (secondary N) is 1. The van der Waals surface area contributed by atoms with E-state index in [0.29, 0.717) is 18.8 Å². The van der Waals surface area contributed by atoms with Gasteiger partial charge in [-0.3, -0.25) is 0 Å². The molecule has 14 heavy (non-hydrogen) atoms. The minimum atomic E-state index is -0.959. The van der Waals surface area contributed by atoms with Crippen molar-refractivity contribution in [3.63, 3.8) is 0 Å². The summed E-state index contributed by atoms with van der Waals surface area (Å²) in [5.74, 6) is 3.83. The molecule has 2 heteroatoms. The molecule has 1 aliphatic carbocycles. The molecule has 1 heterocycles. The first-order chi connectivity index (χ1) is 6.73. The molecule has 2 fully saturated rings. The highest BCUT2D eigenvalue weighted by Gasteiger charge is 2.42. The highest BCUT2D eigenvalue weighted by Crippen LogP contribution is 2.42. The summed E-state index contributed by atoms with van der Waals surface area (Å²) in [4.78, 5) is 0. The van der Waals surface area contributed by atoms with Gasteiger partial charge >= 0.3 is 0 Å². The van der Waals surface area contributed by atoms with Gasteiger partial charge in [0, 0.05) is 6.42 Å². The second kappa shape index (κ2) is 3.90. The molecule has 78 valence electrons. The Morgan fingerprint density at radius 2 is 2.21 bits per heavy atom. The Balaban J connectivity index is 1.92. The topological polar surface area (TPSA) is 12.0 Å². The predicted molar refractivity (Wildman–Crippen MR) is 55.6 cm³/mol. The molecule has 1 saturated carbocycles. The summed E-state index contributed by atoms with van der Waals surface area (Å²) in [7, 11) is 0. The van der Waals surface area contributed by atoms with E-state index in [2.05, 4.69) is 11.2 Å². The summed E-state index contributed by atoms with van der Waals surface area (Å²) >= 11 is 0. The first-order valence-electron chi connectivity index (χ1n) is 5.57. The largest absolute Gasteiger partial charge is 0.316 e. The number of hydrogen-bond acceptors (Lipinski definition) is 1. The van der Waals surface area contributed by atoms with Crippen LogP contribution in [0.5, 0.6) is 0 Å². The summed E-state index contributed by atoms with van der Waals surface area (Å²) in [6.07, 6.45) is 8.82. The lowest BCUT2D eigenvalue weighted by molar-refractivity contribution is 0.0531. The van der Waals surface area contributed by atoms with Crippen molar-refractivity contribution in [2.75, 3.05) is 13.1 Å². The van der Waals surface area contributed by atoms with Crippen LogP contribution in [0.25, 0.3) is 0 Å². The maximum atomic E-state index is 14.3. The van der Waals surface area contributed by atoms with E-state index in [-0.39, 0.29) is 0 Å². The fourth-order valence-electron chi connectivity index (χ4n) is 2.90. The predicted octanol–water partition coefficient (Wildman–Crippen LogP) is 2.13. The molecule has 3 atom stereocenters. The zero-order valence-corrected chi connectivity index (χ0v) is 8.56. The van der Waals surface area contributed by atoms with Crippen molar-refractivity contribution >= 4 is 0 Å². The molecule has 0 aromatic rings. The van der Waals surface area contributed by atoms with E-state index in [0.717, 1.165) is 38.3 Å². The van der Waals surface area contributed by atoms with Crippen LogP contribution in [0.1, 0.15) is 32.1 Å². The number of halogens is 1. The number of fused-ring (bicyclic) bond motifs is 1. The highest BCUT2D eigenvalue weighted by atomic mass is 19.1. The van der Waals surface area contributed by atoms with Crippen LogP contribution < -0.4 is 5.32 Å². The molecular formula is C12H18FN. The summed E-state index contributed by atoms with van der Waals surface area (Å²) in [6.45, 7) is 2.10. The standard InChI is InChI=1S/C12H18FN/c1-2-3-5-12(13)6-4-10-8-14-9-11(10)7-12/h1,10-11,14H,3-9H2. The third-order valence-electron chi connectivity index (χ3n) is 3.79. The van der Waals surface area contributed by atoms with Crippen molar-refractivity contribution in [3.05, 3.63) is 0 Å². The van der Waals surface area contributed by atoms with Crippen molar-refractivity contribution in [1.82, 2.24) is 5.32 Å². The van der Waals surface area contributed by atoms with E-state index in [1.807, 2.05) is 0 Å². The third-order valence-corrected chi connectivity index (χ3v) is 3.79. The molecule has 1 N–H and O–H groups in total. The maximum absolute atomic E-state index is 14.3. The van der Waals surface area contributed by atoms with Gasteiger partial charge in [-0.05, 0) is 50.6 Å². The minimum absolute atomic E-state index is 0.562. The summed E-state index contributed by atoms with van der Waals surface area (Å²) in [5, 5.41) is 3.35. The van der Waals surface area contributed by atoms with Gasteiger partial charge in [0.2, 0.25) is 0 Å². The third kappa shape index (κ3) is 1.93. The highest BCUT2D eigenvalue weighted by molar-refractivity contribution is 4.97. The van der Waals surface area contributed by atoms with Crippen molar-refractivity contribution in [2.45, 2.75) is 37.8 Å². The van der Waals surface area contributed by atoms with E-state index in [4.69, 9.17) is 6.42 Å². The zero-order chi connectivity index (χ0) is 10.0. The van der Waals surface area contributed by atoms with Gasteiger partial charge in [0.15, 0.2) is 0 Å². The summed E-state index contributed by atoms with van der Waals surface area (Å²) < 4.78 is 14.3. The number of terminal acetylenes is 1. The molecular weight excluding hydrogens is 177 g/mol. The van der Waals surface area contributed by atoms with E-state index in [9.17, 15) is 4.39 Å². The van der Waals surface area contributed by atoms with E-state index in [1.165, 1.54) is 0 Å². The van der Waals surface area contributed by atoms with Crippen LogP contribution in [0.2, 0.25) is 0 Å². The Morgan fingerprint density at radius 3 is 3.00 bits per heavy atom. The lowest BCUT2D eigenvalue weighted by Crippen LogP contribution is -2.35. The van der Waals surface area contributed by atoms with Gasteiger partial charge in [0.05, 0.1) is 0 Å². The van der Waals surface area contributed by atoms with Crippen LogP contribution in [-0.4, -0.2) is 18.8 Å². The Hall–Kier alpha value is -0.550. The molecule has 1 aliphatic heterocycles. The maximum Gasteiger partial charge on any atom is 0.112 e.